The third-order valence-electron chi connectivity index (χ3n) is 4.49. The summed E-state index contributed by atoms with van der Waals surface area (Å²) in [5, 5.41) is 2.87. The Kier molecular flexibility index (Phi) is 4.99. The van der Waals surface area contributed by atoms with Crippen molar-refractivity contribution in [3.8, 4) is 5.88 Å². The molecule has 7 heteroatoms. The van der Waals surface area contributed by atoms with Gasteiger partial charge in [0.15, 0.2) is 0 Å². The molecule has 1 aromatic rings. The molecule has 24 heavy (non-hydrogen) atoms. The summed E-state index contributed by atoms with van der Waals surface area (Å²) >= 11 is 0. The van der Waals surface area contributed by atoms with E-state index in [1.54, 1.807) is 18.1 Å². The minimum Gasteiger partial charge on any atom is -0.481 e. The minimum absolute atomic E-state index is 0.0183. The van der Waals surface area contributed by atoms with Crippen molar-refractivity contribution in [2.24, 2.45) is 0 Å². The van der Waals surface area contributed by atoms with Gasteiger partial charge in [0.2, 0.25) is 11.8 Å². The van der Waals surface area contributed by atoms with Crippen LogP contribution in [0.3, 0.4) is 0 Å². The molecule has 1 atom stereocenters. The van der Waals surface area contributed by atoms with Crippen LogP contribution in [0.2, 0.25) is 0 Å². The van der Waals surface area contributed by atoms with Crippen LogP contribution in [0.4, 0.5) is 0 Å². The van der Waals surface area contributed by atoms with Crippen molar-refractivity contribution in [3.05, 3.63) is 22.9 Å². The zero-order valence-corrected chi connectivity index (χ0v) is 14.1. The number of carbonyl (C=O) groups excluding carboxylic acids is 2. The van der Waals surface area contributed by atoms with Gasteiger partial charge in [-0.25, -0.2) is 4.98 Å². The molecule has 0 radical (unpaired) electrons. The lowest BCUT2D eigenvalue weighted by molar-refractivity contribution is -0.123. The van der Waals surface area contributed by atoms with Crippen molar-refractivity contribution in [2.75, 3.05) is 20.3 Å². The molecule has 1 fully saturated rings. The van der Waals surface area contributed by atoms with Gasteiger partial charge in [0.05, 0.1) is 37.4 Å². The van der Waals surface area contributed by atoms with Crippen LogP contribution >= 0.6 is 0 Å². The Morgan fingerprint density at radius 3 is 3.04 bits per heavy atom. The monoisotopic (exact) mass is 333 g/mol. The van der Waals surface area contributed by atoms with E-state index in [0.29, 0.717) is 36.5 Å². The van der Waals surface area contributed by atoms with Gasteiger partial charge >= 0.3 is 0 Å². The fourth-order valence-corrected chi connectivity index (χ4v) is 3.14. The number of pyridine rings is 1. The van der Waals surface area contributed by atoms with E-state index in [-0.39, 0.29) is 24.5 Å². The molecule has 2 aliphatic heterocycles. The molecule has 2 amide bonds. The predicted molar refractivity (Wildman–Crippen MR) is 86.6 cm³/mol. The third-order valence-corrected chi connectivity index (χ3v) is 4.49. The second-order valence-electron chi connectivity index (χ2n) is 6.09. The molecule has 3 heterocycles. The first-order valence-electron chi connectivity index (χ1n) is 8.36. The first kappa shape index (κ1) is 16.7. The summed E-state index contributed by atoms with van der Waals surface area (Å²) in [7, 11) is 1.54. The molecule has 0 saturated carbocycles. The number of ether oxygens (including phenoxy) is 2. The average Bonchev–Trinajstić information content (AvgIpc) is 3.20. The molecule has 2 aliphatic rings. The molecule has 1 N–H and O–H groups in total. The normalized spacial score (nSPS) is 19.5. The lowest BCUT2D eigenvalue weighted by atomic mass is 10.1. The highest BCUT2D eigenvalue weighted by Crippen LogP contribution is 2.27. The van der Waals surface area contributed by atoms with E-state index in [4.69, 9.17) is 9.47 Å². The van der Waals surface area contributed by atoms with Crippen molar-refractivity contribution < 1.29 is 19.1 Å². The molecule has 0 bridgehead atoms. The molecule has 0 aromatic carbocycles. The number of amides is 2. The quantitative estimate of drug-likeness (QED) is 0.847. The van der Waals surface area contributed by atoms with Gasteiger partial charge < -0.3 is 19.7 Å². The smallest absolute Gasteiger partial charge is 0.256 e. The molecule has 0 unspecified atom stereocenters. The van der Waals surface area contributed by atoms with E-state index in [2.05, 4.69) is 10.3 Å². The van der Waals surface area contributed by atoms with Crippen molar-refractivity contribution in [1.29, 1.82) is 0 Å². The fraction of sp³-hybridized carbons (Fsp3) is 0.588. The maximum Gasteiger partial charge on any atom is 0.256 e. The van der Waals surface area contributed by atoms with E-state index in [1.807, 2.05) is 6.92 Å². The standard InChI is InChI=1S/C17H23N3O4/c1-3-20-10-14-13(17(20)22)7-11(16(19-14)23-2)9-18-15(21)8-12-5-4-6-24-12/h7,12H,3-6,8-10H2,1-2H3,(H,18,21)/t12-/m0/s1. The summed E-state index contributed by atoms with van der Waals surface area (Å²) in [4.78, 5) is 30.5. The Hall–Kier alpha value is -2.15. The number of rotatable bonds is 6. The number of methoxy groups -OCH3 is 1. The summed E-state index contributed by atoms with van der Waals surface area (Å²) in [6, 6.07) is 1.78. The van der Waals surface area contributed by atoms with Crippen LogP contribution in [0.15, 0.2) is 6.07 Å². The summed E-state index contributed by atoms with van der Waals surface area (Å²) in [6.07, 6.45) is 2.32. The lowest BCUT2D eigenvalue weighted by Gasteiger charge is -2.12. The van der Waals surface area contributed by atoms with Gasteiger partial charge in [-0.15, -0.1) is 0 Å². The van der Waals surface area contributed by atoms with E-state index >= 15 is 0 Å². The van der Waals surface area contributed by atoms with Crippen molar-refractivity contribution in [1.82, 2.24) is 15.2 Å². The van der Waals surface area contributed by atoms with Crippen molar-refractivity contribution >= 4 is 11.8 Å². The Morgan fingerprint density at radius 2 is 2.38 bits per heavy atom. The van der Waals surface area contributed by atoms with Crippen molar-refractivity contribution in [3.63, 3.8) is 0 Å². The van der Waals surface area contributed by atoms with Gasteiger partial charge in [-0.2, -0.15) is 0 Å². The first-order valence-corrected chi connectivity index (χ1v) is 8.36. The zero-order chi connectivity index (χ0) is 17.1. The molecule has 3 rings (SSSR count). The minimum atomic E-state index is -0.0639. The van der Waals surface area contributed by atoms with Gasteiger partial charge in [0, 0.05) is 25.3 Å². The second-order valence-corrected chi connectivity index (χ2v) is 6.09. The highest BCUT2D eigenvalue weighted by molar-refractivity contribution is 5.98. The van der Waals surface area contributed by atoms with Crippen LogP contribution in [0, 0.1) is 0 Å². The number of carbonyl (C=O) groups is 2. The topological polar surface area (TPSA) is 80.8 Å². The van der Waals surface area contributed by atoms with Gasteiger partial charge in [-0.05, 0) is 25.8 Å². The number of hydrogen-bond acceptors (Lipinski definition) is 5. The lowest BCUT2D eigenvalue weighted by Crippen LogP contribution is -2.27. The molecule has 7 nitrogen and oxygen atoms in total. The first-order chi connectivity index (χ1) is 11.6. The molecule has 1 saturated heterocycles. The number of nitrogens with zero attached hydrogens (tertiary/aromatic N) is 2. The van der Waals surface area contributed by atoms with E-state index in [1.165, 1.54) is 0 Å². The van der Waals surface area contributed by atoms with Crippen LogP contribution < -0.4 is 10.1 Å². The number of nitrogens with one attached hydrogen (secondary N) is 1. The van der Waals surface area contributed by atoms with Gasteiger partial charge in [0.1, 0.15) is 0 Å². The zero-order valence-electron chi connectivity index (χ0n) is 14.1. The summed E-state index contributed by atoms with van der Waals surface area (Å²) in [5.74, 6) is 0.373. The molecule has 0 spiro atoms. The van der Waals surface area contributed by atoms with Crippen LogP contribution in [0.5, 0.6) is 5.88 Å². The number of hydrogen-bond donors (Lipinski definition) is 1. The van der Waals surface area contributed by atoms with Crippen LogP contribution in [0.1, 0.15) is 47.8 Å². The third kappa shape index (κ3) is 3.36. The predicted octanol–water partition coefficient (Wildman–Crippen LogP) is 1.25. The average molecular weight is 333 g/mol. The Morgan fingerprint density at radius 1 is 1.54 bits per heavy atom. The summed E-state index contributed by atoms with van der Waals surface area (Å²) < 4.78 is 10.8. The maximum atomic E-state index is 12.3. The highest BCUT2D eigenvalue weighted by atomic mass is 16.5. The number of fused-ring (bicyclic) bond motifs is 1. The fourth-order valence-electron chi connectivity index (χ4n) is 3.14. The molecule has 1 aromatic heterocycles. The SMILES string of the molecule is CCN1Cc2nc(OC)c(CNC(=O)C[C@@H]3CCCO3)cc2C1=O. The number of aromatic nitrogens is 1. The maximum absolute atomic E-state index is 12.3. The molecular weight excluding hydrogens is 310 g/mol. The summed E-state index contributed by atoms with van der Waals surface area (Å²) in [6.45, 7) is 4.11. The van der Waals surface area contributed by atoms with Gasteiger partial charge in [0.25, 0.3) is 5.91 Å². The highest BCUT2D eigenvalue weighted by Gasteiger charge is 2.29. The van der Waals surface area contributed by atoms with Crippen molar-refractivity contribution in [2.45, 2.75) is 45.4 Å². The molecular formula is C17H23N3O4. The van der Waals surface area contributed by atoms with Gasteiger partial charge in [-0.1, -0.05) is 0 Å². The second kappa shape index (κ2) is 7.17. The summed E-state index contributed by atoms with van der Waals surface area (Å²) in [5.41, 5.74) is 2.04. The van der Waals surface area contributed by atoms with E-state index in [9.17, 15) is 9.59 Å². The molecule has 130 valence electrons. The van der Waals surface area contributed by atoms with Crippen LogP contribution in [-0.2, 0) is 22.6 Å². The Bertz CT molecular complexity index is 641. The molecule has 0 aliphatic carbocycles. The largest absolute Gasteiger partial charge is 0.481 e. The Balaban J connectivity index is 1.68. The Labute approximate surface area is 141 Å². The van der Waals surface area contributed by atoms with Crippen LogP contribution in [-0.4, -0.2) is 48.1 Å². The van der Waals surface area contributed by atoms with Crippen LogP contribution in [0.25, 0.3) is 0 Å². The van der Waals surface area contributed by atoms with Gasteiger partial charge in [-0.3, -0.25) is 9.59 Å². The van der Waals surface area contributed by atoms with E-state index < -0.39 is 0 Å². The van der Waals surface area contributed by atoms with E-state index in [0.717, 1.165) is 25.1 Å².